The minimum atomic E-state index is -5.76. The van der Waals surface area contributed by atoms with Gasteiger partial charge < -0.3 is 16.2 Å². The summed E-state index contributed by atoms with van der Waals surface area (Å²) in [6.07, 6.45) is -11.5. The maximum atomic E-state index is 12.3. The molecule has 0 unspecified atom stereocenters. The van der Waals surface area contributed by atoms with Gasteiger partial charge >= 0.3 is 12.4 Å². The zero-order chi connectivity index (χ0) is 16.4. The Morgan fingerprint density at radius 3 is 2.19 bits per heavy atom. The molecule has 0 atom stereocenters. The van der Waals surface area contributed by atoms with Crippen LogP contribution in [0, 0.1) is 5.92 Å². The fraction of sp³-hybridized carbons (Fsp3) is 0.364. The Morgan fingerprint density at radius 1 is 1.19 bits per heavy atom. The van der Waals surface area contributed by atoms with Crippen molar-refractivity contribution in [1.29, 1.82) is 0 Å². The lowest BCUT2D eigenvalue weighted by molar-refractivity contribution is -0.274. The van der Waals surface area contributed by atoms with Crippen LogP contribution in [0.1, 0.15) is 5.56 Å². The predicted octanol–water partition coefficient (Wildman–Crippen LogP) is 2.33. The molecule has 1 aromatic rings. The Bertz CT molecular complexity index is 512. The lowest BCUT2D eigenvalue weighted by atomic mass is 10.1. The molecular formula is C11H10F6N2O2. The first-order chi connectivity index (χ1) is 9.43. The molecular weight excluding hydrogens is 306 g/mol. The molecule has 0 saturated heterocycles. The number of amides is 1. The van der Waals surface area contributed by atoms with Crippen molar-refractivity contribution in [3.05, 3.63) is 23.8 Å². The number of hydrogen-bond acceptors (Lipinski definition) is 3. The predicted molar refractivity (Wildman–Crippen MR) is 60.0 cm³/mol. The van der Waals surface area contributed by atoms with Crippen LogP contribution in [0.3, 0.4) is 0 Å². The van der Waals surface area contributed by atoms with E-state index < -0.39 is 36.5 Å². The van der Waals surface area contributed by atoms with E-state index in [-0.39, 0.29) is 11.3 Å². The number of carbonyl (C=O) groups is 1. The third kappa shape index (κ3) is 4.43. The third-order valence-electron chi connectivity index (χ3n) is 2.47. The Labute approximate surface area is 114 Å². The van der Waals surface area contributed by atoms with E-state index in [1.54, 1.807) is 0 Å². The van der Waals surface area contributed by atoms with Crippen molar-refractivity contribution in [2.45, 2.75) is 18.9 Å². The molecule has 1 amide bonds. The van der Waals surface area contributed by atoms with E-state index >= 15 is 0 Å². The molecule has 10 heteroatoms. The molecule has 0 aromatic heterocycles. The first kappa shape index (κ1) is 16.9. The fourth-order valence-electron chi connectivity index (χ4n) is 1.51. The number of aromatic hydroxyl groups is 1. The number of phenols is 1. The summed E-state index contributed by atoms with van der Waals surface area (Å²) in [5, 5.41) is 10.8. The molecule has 4 N–H and O–H groups in total. The van der Waals surface area contributed by atoms with E-state index in [2.05, 4.69) is 0 Å². The molecule has 1 rings (SSSR count). The Hall–Kier alpha value is -2.13. The number of nitrogens with two attached hydrogens (primary N) is 1. The van der Waals surface area contributed by atoms with Gasteiger partial charge in [-0.1, -0.05) is 0 Å². The minimum Gasteiger partial charge on any atom is -0.508 e. The lowest BCUT2D eigenvalue weighted by Gasteiger charge is -2.22. The molecule has 0 bridgehead atoms. The number of hydrogen-bond donors (Lipinski definition) is 3. The normalized spacial score (nSPS) is 12.5. The first-order valence-corrected chi connectivity index (χ1v) is 5.41. The second-order valence-corrected chi connectivity index (χ2v) is 4.12. The molecule has 4 nitrogen and oxygen atoms in total. The number of benzene rings is 1. The fourth-order valence-corrected chi connectivity index (χ4v) is 1.51. The molecule has 0 spiro atoms. The van der Waals surface area contributed by atoms with Crippen LogP contribution in [0.5, 0.6) is 5.75 Å². The van der Waals surface area contributed by atoms with Crippen LogP contribution >= 0.6 is 0 Å². The molecule has 0 aliphatic rings. The smallest absolute Gasteiger partial charge is 0.409 e. The third-order valence-corrected chi connectivity index (χ3v) is 2.47. The molecule has 0 fully saturated rings. The molecule has 0 saturated carbocycles. The van der Waals surface area contributed by atoms with Gasteiger partial charge in [0.25, 0.3) is 0 Å². The number of rotatable bonds is 3. The Morgan fingerprint density at radius 2 is 1.71 bits per heavy atom. The number of anilines is 1. The number of alkyl halides is 6. The number of nitrogen functional groups attached to an aromatic ring is 1. The highest BCUT2D eigenvalue weighted by molar-refractivity contribution is 5.80. The molecule has 1 aromatic carbocycles. The van der Waals surface area contributed by atoms with Gasteiger partial charge in [-0.05, 0) is 18.2 Å². The van der Waals surface area contributed by atoms with Crippen molar-refractivity contribution >= 4 is 11.6 Å². The molecule has 0 aliphatic heterocycles. The highest BCUT2D eigenvalue weighted by atomic mass is 19.4. The summed E-state index contributed by atoms with van der Waals surface area (Å²) in [5.41, 5.74) is 5.37. The van der Waals surface area contributed by atoms with Gasteiger partial charge in [0.1, 0.15) is 5.75 Å². The SMILES string of the molecule is Nc1ccc(O)c(CNC(=O)C(C(F)(F)F)C(F)(F)F)c1. The van der Waals surface area contributed by atoms with Crippen LogP contribution in [-0.2, 0) is 11.3 Å². The summed E-state index contributed by atoms with van der Waals surface area (Å²) < 4.78 is 73.7. The van der Waals surface area contributed by atoms with Gasteiger partial charge in [-0.3, -0.25) is 4.79 Å². The number of carbonyl (C=O) groups excluding carboxylic acids is 1. The van der Waals surface area contributed by atoms with E-state index in [9.17, 15) is 36.2 Å². The topological polar surface area (TPSA) is 75.3 Å². The molecule has 0 aliphatic carbocycles. The van der Waals surface area contributed by atoms with Crippen molar-refractivity contribution in [1.82, 2.24) is 5.32 Å². The number of phenolic OH excluding ortho intramolecular Hbond substituents is 1. The van der Waals surface area contributed by atoms with E-state index in [0.29, 0.717) is 0 Å². The average molecular weight is 316 g/mol. The van der Waals surface area contributed by atoms with Gasteiger partial charge in [-0.15, -0.1) is 0 Å². The molecule has 0 heterocycles. The van der Waals surface area contributed by atoms with Crippen LogP contribution < -0.4 is 11.1 Å². The van der Waals surface area contributed by atoms with E-state index in [1.807, 2.05) is 0 Å². The lowest BCUT2D eigenvalue weighted by Crippen LogP contribution is -2.47. The van der Waals surface area contributed by atoms with Crippen LogP contribution in [0.25, 0.3) is 0 Å². The van der Waals surface area contributed by atoms with Crippen LogP contribution in [0.2, 0.25) is 0 Å². The average Bonchev–Trinajstić information content (AvgIpc) is 2.26. The van der Waals surface area contributed by atoms with Crippen molar-refractivity contribution in [3.63, 3.8) is 0 Å². The van der Waals surface area contributed by atoms with E-state index in [1.165, 1.54) is 11.4 Å². The first-order valence-electron chi connectivity index (χ1n) is 5.41. The number of halogens is 6. The van der Waals surface area contributed by atoms with Gasteiger partial charge in [-0.25, -0.2) is 0 Å². The van der Waals surface area contributed by atoms with E-state index in [4.69, 9.17) is 5.73 Å². The minimum absolute atomic E-state index is 0.105. The molecule has 21 heavy (non-hydrogen) atoms. The highest BCUT2D eigenvalue weighted by Crippen LogP contribution is 2.39. The zero-order valence-electron chi connectivity index (χ0n) is 10.2. The maximum Gasteiger partial charge on any atom is 0.409 e. The van der Waals surface area contributed by atoms with Crippen molar-refractivity contribution in [2.24, 2.45) is 5.92 Å². The monoisotopic (exact) mass is 316 g/mol. The summed E-state index contributed by atoms with van der Waals surface area (Å²) in [7, 11) is 0. The standard InChI is InChI=1S/C11H10F6N2O2/c12-10(13,14)8(11(15,16)17)9(21)19-4-5-3-6(18)1-2-7(5)20/h1-3,8,20H,4,18H2,(H,19,21). The van der Waals surface area contributed by atoms with Gasteiger partial charge in [-0.2, -0.15) is 26.3 Å². The highest BCUT2D eigenvalue weighted by Gasteiger charge is 2.61. The van der Waals surface area contributed by atoms with Gasteiger partial charge in [0.15, 0.2) is 0 Å². The van der Waals surface area contributed by atoms with Crippen LogP contribution in [0.15, 0.2) is 18.2 Å². The zero-order valence-corrected chi connectivity index (χ0v) is 10.2. The van der Waals surface area contributed by atoms with Gasteiger partial charge in [0.2, 0.25) is 11.8 Å². The largest absolute Gasteiger partial charge is 0.508 e. The molecule has 118 valence electrons. The van der Waals surface area contributed by atoms with Crippen molar-refractivity contribution in [2.75, 3.05) is 5.73 Å². The summed E-state index contributed by atoms with van der Waals surface area (Å²) >= 11 is 0. The molecule has 0 radical (unpaired) electrons. The second kappa shape index (κ2) is 5.70. The van der Waals surface area contributed by atoms with Gasteiger partial charge in [0.05, 0.1) is 0 Å². The Balaban J connectivity index is 2.87. The quantitative estimate of drug-likeness (QED) is 0.455. The van der Waals surface area contributed by atoms with E-state index in [0.717, 1.165) is 12.1 Å². The number of nitrogens with one attached hydrogen (secondary N) is 1. The Kier molecular flexibility index (Phi) is 4.59. The summed E-state index contributed by atoms with van der Waals surface area (Å²) in [6, 6.07) is 3.49. The van der Waals surface area contributed by atoms with Crippen molar-refractivity contribution < 1.29 is 36.2 Å². The van der Waals surface area contributed by atoms with Crippen molar-refractivity contribution in [3.8, 4) is 5.75 Å². The maximum absolute atomic E-state index is 12.3. The summed E-state index contributed by atoms with van der Waals surface area (Å²) in [5.74, 6) is -6.80. The van der Waals surface area contributed by atoms with Gasteiger partial charge in [0, 0.05) is 17.8 Å². The summed E-state index contributed by atoms with van der Waals surface area (Å²) in [6.45, 7) is -0.724. The second-order valence-electron chi connectivity index (χ2n) is 4.12. The van der Waals surface area contributed by atoms with Crippen LogP contribution in [-0.4, -0.2) is 23.4 Å². The van der Waals surface area contributed by atoms with Crippen LogP contribution in [0.4, 0.5) is 32.0 Å². The summed E-state index contributed by atoms with van der Waals surface area (Å²) in [4.78, 5) is 11.1.